The third kappa shape index (κ3) is 3.63. The molecule has 1 heterocycles. The lowest BCUT2D eigenvalue weighted by Gasteiger charge is -2.21. The average molecular weight is 351 g/mol. The van der Waals surface area contributed by atoms with Crippen LogP contribution in [0.4, 0.5) is 5.69 Å². The van der Waals surface area contributed by atoms with Crippen LogP contribution in [0.25, 0.3) is 6.08 Å². The lowest BCUT2D eigenvalue weighted by atomic mass is 10.2. The Labute approximate surface area is 129 Å². The smallest absolute Gasteiger partial charge is 0.270 e. The molecule has 0 saturated heterocycles. The van der Waals surface area contributed by atoms with Crippen molar-refractivity contribution in [2.75, 3.05) is 6.54 Å². The van der Waals surface area contributed by atoms with Crippen LogP contribution in [-0.2, 0) is 9.59 Å². The number of non-ortho nitro benzene ring substituents is 1. The molecule has 0 radical (unpaired) electrons. The number of carbonyl (C=O) groups excluding carboxylic acids is 2. The van der Waals surface area contributed by atoms with E-state index in [1.165, 1.54) is 30.4 Å². The van der Waals surface area contributed by atoms with Gasteiger partial charge in [0.15, 0.2) is 0 Å². The lowest BCUT2D eigenvalue weighted by molar-refractivity contribution is -0.384. The number of halogens is 1. The van der Waals surface area contributed by atoms with Gasteiger partial charge in [0, 0.05) is 24.8 Å². The second kappa shape index (κ2) is 6.45. The SMILES string of the molecule is O=C(C=Cc1cccc([N+](=O)[O-])c1)N1CCC=C(Br)C1=O. The van der Waals surface area contributed by atoms with E-state index < -0.39 is 10.8 Å². The molecule has 1 aliphatic rings. The van der Waals surface area contributed by atoms with Crippen molar-refractivity contribution in [3.63, 3.8) is 0 Å². The van der Waals surface area contributed by atoms with Crippen LogP contribution in [0.2, 0.25) is 0 Å². The fraction of sp³-hybridized carbons (Fsp3) is 0.143. The molecule has 1 aliphatic heterocycles. The maximum atomic E-state index is 12.0. The van der Waals surface area contributed by atoms with Crippen LogP contribution in [-0.4, -0.2) is 28.2 Å². The van der Waals surface area contributed by atoms with Gasteiger partial charge in [-0.25, -0.2) is 0 Å². The van der Waals surface area contributed by atoms with Crippen LogP contribution < -0.4 is 0 Å². The van der Waals surface area contributed by atoms with Crippen molar-refractivity contribution < 1.29 is 14.5 Å². The monoisotopic (exact) mass is 350 g/mol. The number of nitrogens with zero attached hydrogens (tertiary/aromatic N) is 2. The molecule has 0 atom stereocenters. The Hall–Kier alpha value is -2.28. The van der Waals surface area contributed by atoms with Crippen LogP contribution in [0.1, 0.15) is 12.0 Å². The largest absolute Gasteiger partial charge is 0.274 e. The van der Waals surface area contributed by atoms with Crippen LogP contribution in [0.5, 0.6) is 0 Å². The van der Waals surface area contributed by atoms with E-state index in [1.54, 1.807) is 12.1 Å². The number of benzene rings is 1. The van der Waals surface area contributed by atoms with Gasteiger partial charge < -0.3 is 0 Å². The molecule has 1 aromatic rings. The summed E-state index contributed by atoms with van der Waals surface area (Å²) in [6, 6.07) is 5.91. The van der Waals surface area contributed by atoms with E-state index in [2.05, 4.69) is 15.9 Å². The minimum atomic E-state index is -0.505. The summed E-state index contributed by atoms with van der Waals surface area (Å²) in [5, 5.41) is 10.7. The molecule has 2 rings (SSSR count). The summed E-state index contributed by atoms with van der Waals surface area (Å²) >= 11 is 3.10. The summed E-state index contributed by atoms with van der Waals surface area (Å²) in [6.07, 6.45) is 5.01. The first-order valence-corrected chi connectivity index (χ1v) is 6.92. The predicted molar refractivity (Wildman–Crippen MR) is 80.5 cm³/mol. The van der Waals surface area contributed by atoms with Crippen LogP contribution in [0.3, 0.4) is 0 Å². The molecule has 0 spiro atoms. The summed E-state index contributed by atoms with van der Waals surface area (Å²) in [4.78, 5) is 35.1. The first-order valence-electron chi connectivity index (χ1n) is 6.13. The first-order chi connectivity index (χ1) is 9.99. The highest BCUT2D eigenvalue weighted by atomic mass is 79.9. The fourth-order valence-corrected chi connectivity index (χ4v) is 2.29. The minimum Gasteiger partial charge on any atom is -0.274 e. The number of imide groups is 1. The maximum absolute atomic E-state index is 12.0. The average Bonchev–Trinajstić information content (AvgIpc) is 2.48. The number of rotatable bonds is 3. The topological polar surface area (TPSA) is 80.5 Å². The molecular weight excluding hydrogens is 340 g/mol. The van der Waals surface area contributed by atoms with E-state index in [0.29, 0.717) is 23.0 Å². The number of nitro groups is 1. The molecular formula is C14H11BrN2O4. The van der Waals surface area contributed by atoms with E-state index in [4.69, 9.17) is 0 Å². The summed E-state index contributed by atoms with van der Waals surface area (Å²) < 4.78 is 0.367. The van der Waals surface area contributed by atoms with E-state index in [9.17, 15) is 19.7 Å². The Morgan fingerprint density at radius 1 is 1.43 bits per heavy atom. The molecule has 0 N–H and O–H groups in total. The van der Waals surface area contributed by atoms with Gasteiger partial charge >= 0.3 is 0 Å². The van der Waals surface area contributed by atoms with Gasteiger partial charge in [0.1, 0.15) is 0 Å². The second-order valence-corrected chi connectivity index (χ2v) is 5.18. The first kappa shape index (κ1) is 15.1. The summed E-state index contributed by atoms with van der Waals surface area (Å²) in [6.45, 7) is 0.325. The quantitative estimate of drug-likeness (QED) is 0.476. The van der Waals surface area contributed by atoms with Crippen LogP contribution >= 0.6 is 15.9 Å². The maximum Gasteiger partial charge on any atom is 0.270 e. The van der Waals surface area contributed by atoms with Gasteiger partial charge in [-0.3, -0.25) is 24.6 Å². The predicted octanol–water partition coefficient (Wildman–Crippen LogP) is 2.65. The summed E-state index contributed by atoms with van der Waals surface area (Å²) in [5.74, 6) is -0.827. The van der Waals surface area contributed by atoms with Crippen molar-refractivity contribution in [1.82, 2.24) is 4.90 Å². The van der Waals surface area contributed by atoms with Crippen molar-refractivity contribution in [2.45, 2.75) is 6.42 Å². The Kier molecular flexibility index (Phi) is 4.64. The molecule has 21 heavy (non-hydrogen) atoms. The Bertz CT molecular complexity index is 667. The number of hydrogen-bond donors (Lipinski definition) is 0. The fourth-order valence-electron chi connectivity index (χ4n) is 1.85. The van der Waals surface area contributed by atoms with E-state index >= 15 is 0 Å². The number of amides is 2. The standard InChI is InChI=1S/C14H11BrN2O4/c15-12-5-2-8-16(14(12)19)13(18)7-6-10-3-1-4-11(9-10)17(20)21/h1,3-7,9H,2,8H2. The number of nitro benzene ring substituents is 1. The highest BCUT2D eigenvalue weighted by molar-refractivity contribution is 9.12. The third-order valence-corrected chi connectivity index (χ3v) is 3.55. The number of carbonyl (C=O) groups is 2. The van der Waals surface area contributed by atoms with Crippen molar-refractivity contribution in [1.29, 1.82) is 0 Å². The van der Waals surface area contributed by atoms with E-state index in [1.807, 2.05) is 0 Å². The zero-order chi connectivity index (χ0) is 15.4. The lowest BCUT2D eigenvalue weighted by Crippen LogP contribution is -2.38. The van der Waals surface area contributed by atoms with Crippen molar-refractivity contribution in [3.8, 4) is 0 Å². The zero-order valence-corrected chi connectivity index (χ0v) is 12.4. The van der Waals surface area contributed by atoms with Gasteiger partial charge in [-0.1, -0.05) is 18.2 Å². The normalized spacial score (nSPS) is 15.2. The van der Waals surface area contributed by atoms with E-state index in [-0.39, 0.29) is 11.6 Å². The molecule has 0 bridgehead atoms. The van der Waals surface area contributed by atoms with Gasteiger partial charge in [0.05, 0.1) is 9.41 Å². The van der Waals surface area contributed by atoms with Crippen LogP contribution in [0, 0.1) is 10.1 Å². The van der Waals surface area contributed by atoms with Crippen molar-refractivity contribution in [3.05, 3.63) is 56.6 Å². The summed E-state index contributed by atoms with van der Waals surface area (Å²) in [7, 11) is 0. The van der Waals surface area contributed by atoms with Gasteiger partial charge in [0.25, 0.3) is 17.5 Å². The number of hydrogen-bond acceptors (Lipinski definition) is 4. The Morgan fingerprint density at radius 3 is 2.90 bits per heavy atom. The molecule has 0 aliphatic carbocycles. The summed E-state index contributed by atoms with van der Waals surface area (Å²) in [5.41, 5.74) is 0.473. The highest BCUT2D eigenvalue weighted by Gasteiger charge is 2.24. The van der Waals surface area contributed by atoms with Crippen LogP contribution in [0.15, 0.2) is 40.9 Å². The van der Waals surface area contributed by atoms with Gasteiger partial charge in [-0.05, 0) is 34.0 Å². The van der Waals surface area contributed by atoms with Gasteiger partial charge in [-0.2, -0.15) is 0 Å². The Balaban J connectivity index is 2.12. The third-order valence-electron chi connectivity index (χ3n) is 2.89. The van der Waals surface area contributed by atoms with Gasteiger partial charge in [0.2, 0.25) is 0 Å². The molecule has 0 fully saturated rings. The highest BCUT2D eigenvalue weighted by Crippen LogP contribution is 2.18. The molecule has 2 amide bonds. The van der Waals surface area contributed by atoms with Crippen molar-refractivity contribution >= 4 is 39.5 Å². The Morgan fingerprint density at radius 2 is 2.19 bits per heavy atom. The molecule has 0 aromatic heterocycles. The zero-order valence-electron chi connectivity index (χ0n) is 10.9. The molecule has 6 nitrogen and oxygen atoms in total. The van der Waals surface area contributed by atoms with Gasteiger partial charge in [-0.15, -0.1) is 0 Å². The molecule has 0 unspecified atom stereocenters. The van der Waals surface area contributed by atoms with E-state index in [0.717, 1.165) is 4.90 Å². The molecule has 1 aromatic carbocycles. The van der Waals surface area contributed by atoms with Crippen molar-refractivity contribution in [2.24, 2.45) is 0 Å². The minimum absolute atomic E-state index is 0.0516. The second-order valence-electron chi connectivity index (χ2n) is 4.32. The molecule has 0 saturated carbocycles. The molecule has 108 valence electrons. The molecule has 7 heteroatoms.